The molecular formula is C24H18F3NO5. The van der Waals surface area contributed by atoms with Gasteiger partial charge in [0.15, 0.2) is 12.4 Å². The summed E-state index contributed by atoms with van der Waals surface area (Å²) in [6.07, 6.45) is -2.58. The molecule has 0 spiro atoms. The molecule has 0 saturated carbocycles. The molecule has 6 nitrogen and oxygen atoms in total. The predicted octanol–water partition coefficient (Wildman–Crippen LogP) is 5.65. The number of ether oxygens (including phenoxy) is 1. The summed E-state index contributed by atoms with van der Waals surface area (Å²) in [4.78, 5) is 25.5. The van der Waals surface area contributed by atoms with Gasteiger partial charge in [-0.15, -0.1) is 0 Å². The first-order valence-electron chi connectivity index (χ1n) is 10.0. The maximum absolute atomic E-state index is 13.2. The molecule has 2 heterocycles. The van der Waals surface area contributed by atoms with Gasteiger partial charge in [-0.1, -0.05) is 25.1 Å². The minimum Gasteiger partial charge on any atom is -0.476 e. The first-order valence-corrected chi connectivity index (χ1v) is 10.0. The summed E-state index contributed by atoms with van der Waals surface area (Å²) in [5, 5.41) is 2.43. The number of anilines is 1. The lowest BCUT2D eigenvalue weighted by Gasteiger charge is -2.14. The summed E-state index contributed by atoms with van der Waals surface area (Å²) in [5.41, 5.74) is -0.733. The molecule has 0 atom stereocenters. The zero-order chi connectivity index (χ0) is 23.6. The van der Waals surface area contributed by atoms with Crippen molar-refractivity contribution in [2.75, 3.05) is 11.9 Å². The SMILES string of the molecule is CCc1ccc2oc(-c3ccco3)c(OCC(=O)Nc3ccccc3C(F)(F)F)c(=O)c2c1. The molecule has 170 valence electrons. The Bertz CT molecular complexity index is 1360. The van der Waals surface area contributed by atoms with Gasteiger partial charge in [-0.3, -0.25) is 9.59 Å². The number of aryl methyl sites for hydroxylation is 1. The fraction of sp³-hybridized carbons (Fsp3) is 0.167. The van der Waals surface area contributed by atoms with Gasteiger partial charge in [-0.05, 0) is 48.4 Å². The maximum atomic E-state index is 13.2. The molecule has 0 radical (unpaired) electrons. The van der Waals surface area contributed by atoms with E-state index in [9.17, 15) is 22.8 Å². The van der Waals surface area contributed by atoms with Gasteiger partial charge >= 0.3 is 6.18 Å². The van der Waals surface area contributed by atoms with Gasteiger partial charge in [0.05, 0.1) is 22.9 Å². The zero-order valence-corrected chi connectivity index (χ0v) is 17.4. The predicted molar refractivity (Wildman–Crippen MR) is 115 cm³/mol. The van der Waals surface area contributed by atoms with E-state index in [1.165, 1.54) is 18.4 Å². The molecule has 2 aromatic heterocycles. The molecular weight excluding hydrogens is 439 g/mol. The number of benzene rings is 2. The zero-order valence-electron chi connectivity index (χ0n) is 17.4. The average molecular weight is 457 g/mol. The first-order chi connectivity index (χ1) is 15.8. The van der Waals surface area contributed by atoms with Crippen LogP contribution in [0.15, 0.2) is 74.5 Å². The lowest BCUT2D eigenvalue weighted by molar-refractivity contribution is -0.137. The first kappa shape index (κ1) is 22.2. The molecule has 4 aromatic rings. The van der Waals surface area contributed by atoms with Crippen molar-refractivity contribution in [3.05, 3.63) is 82.2 Å². The fourth-order valence-electron chi connectivity index (χ4n) is 3.31. The second-order valence-electron chi connectivity index (χ2n) is 7.13. The quantitative estimate of drug-likeness (QED) is 0.405. The summed E-state index contributed by atoms with van der Waals surface area (Å²) in [6, 6.07) is 12.9. The highest BCUT2D eigenvalue weighted by atomic mass is 19.4. The van der Waals surface area contributed by atoms with Gasteiger partial charge in [0.1, 0.15) is 5.58 Å². The number of halogens is 3. The number of furan rings is 1. The number of para-hydroxylation sites is 1. The van der Waals surface area contributed by atoms with Crippen molar-refractivity contribution in [3.63, 3.8) is 0 Å². The smallest absolute Gasteiger partial charge is 0.418 e. The third-order valence-corrected chi connectivity index (χ3v) is 4.92. The Kier molecular flexibility index (Phi) is 5.95. The summed E-state index contributed by atoms with van der Waals surface area (Å²) < 4.78 is 56.2. The number of fused-ring (bicyclic) bond motifs is 1. The van der Waals surface area contributed by atoms with Crippen LogP contribution >= 0.6 is 0 Å². The Balaban J connectivity index is 1.66. The van der Waals surface area contributed by atoms with Crippen molar-refractivity contribution in [1.82, 2.24) is 0 Å². The summed E-state index contributed by atoms with van der Waals surface area (Å²) in [5.74, 6) is -0.972. The Morgan fingerprint density at radius 2 is 1.88 bits per heavy atom. The molecule has 0 saturated heterocycles. The van der Waals surface area contributed by atoms with Crippen molar-refractivity contribution in [3.8, 4) is 17.3 Å². The van der Waals surface area contributed by atoms with Crippen LogP contribution in [0.25, 0.3) is 22.5 Å². The van der Waals surface area contributed by atoms with Crippen LogP contribution < -0.4 is 15.5 Å². The Hall–Kier alpha value is -4.01. The summed E-state index contributed by atoms with van der Waals surface area (Å²) in [7, 11) is 0. The number of alkyl halides is 3. The van der Waals surface area contributed by atoms with Crippen LogP contribution in [0.2, 0.25) is 0 Å². The van der Waals surface area contributed by atoms with Crippen LogP contribution in [0.5, 0.6) is 5.75 Å². The third kappa shape index (κ3) is 4.62. The fourth-order valence-corrected chi connectivity index (χ4v) is 3.31. The highest BCUT2D eigenvalue weighted by Crippen LogP contribution is 2.35. The molecule has 0 aliphatic heterocycles. The highest BCUT2D eigenvalue weighted by molar-refractivity contribution is 5.93. The van der Waals surface area contributed by atoms with E-state index in [1.807, 2.05) is 13.0 Å². The molecule has 2 aromatic carbocycles. The van der Waals surface area contributed by atoms with Crippen LogP contribution in [0.3, 0.4) is 0 Å². The molecule has 1 amide bonds. The highest BCUT2D eigenvalue weighted by Gasteiger charge is 2.33. The standard InChI is InChI=1S/C24H18F3NO5/c1-2-14-9-10-18-15(12-14)21(30)23(22(33-18)19-8-5-11-31-19)32-13-20(29)28-17-7-4-3-6-16(17)24(25,26)27/h3-12H,2,13H2,1H3,(H,28,29). The molecule has 4 rings (SSSR count). The van der Waals surface area contributed by atoms with Crippen molar-refractivity contribution >= 4 is 22.6 Å². The normalized spacial score (nSPS) is 11.5. The van der Waals surface area contributed by atoms with E-state index in [4.69, 9.17) is 13.6 Å². The number of carbonyl (C=O) groups excluding carboxylic acids is 1. The van der Waals surface area contributed by atoms with E-state index in [2.05, 4.69) is 5.32 Å². The summed E-state index contributed by atoms with van der Waals surface area (Å²) >= 11 is 0. The number of hydrogen-bond donors (Lipinski definition) is 1. The minimum atomic E-state index is -4.65. The molecule has 0 aliphatic rings. The number of amides is 1. The number of carbonyl (C=O) groups is 1. The molecule has 0 unspecified atom stereocenters. The van der Waals surface area contributed by atoms with Crippen LogP contribution in [0.4, 0.5) is 18.9 Å². The third-order valence-electron chi connectivity index (χ3n) is 4.92. The van der Waals surface area contributed by atoms with Crippen molar-refractivity contribution in [2.24, 2.45) is 0 Å². The van der Waals surface area contributed by atoms with Gasteiger partial charge in [0, 0.05) is 0 Å². The van der Waals surface area contributed by atoms with Gasteiger partial charge < -0.3 is 18.9 Å². The topological polar surface area (TPSA) is 81.7 Å². The van der Waals surface area contributed by atoms with E-state index < -0.39 is 35.4 Å². The maximum Gasteiger partial charge on any atom is 0.418 e. The number of nitrogens with one attached hydrogen (secondary N) is 1. The van der Waals surface area contributed by atoms with Crippen molar-refractivity contribution < 1.29 is 31.5 Å². The van der Waals surface area contributed by atoms with Crippen LogP contribution in [-0.4, -0.2) is 12.5 Å². The number of rotatable bonds is 6. The molecule has 0 bridgehead atoms. The second kappa shape index (κ2) is 8.85. The molecule has 9 heteroatoms. The van der Waals surface area contributed by atoms with Gasteiger partial charge in [-0.2, -0.15) is 13.2 Å². The van der Waals surface area contributed by atoms with Crippen LogP contribution in [0, 0.1) is 0 Å². The van der Waals surface area contributed by atoms with E-state index in [0.29, 0.717) is 12.0 Å². The van der Waals surface area contributed by atoms with Gasteiger partial charge in [0.25, 0.3) is 5.91 Å². The Morgan fingerprint density at radius 3 is 2.58 bits per heavy atom. The minimum absolute atomic E-state index is 0.0229. The lowest BCUT2D eigenvalue weighted by atomic mass is 10.1. The second-order valence-corrected chi connectivity index (χ2v) is 7.13. The molecule has 0 aliphatic carbocycles. The van der Waals surface area contributed by atoms with E-state index >= 15 is 0 Å². The molecule has 0 fully saturated rings. The summed E-state index contributed by atoms with van der Waals surface area (Å²) in [6.45, 7) is 1.21. The lowest BCUT2D eigenvalue weighted by Crippen LogP contribution is -2.24. The Labute approximate surface area is 185 Å². The largest absolute Gasteiger partial charge is 0.476 e. The van der Waals surface area contributed by atoms with Gasteiger partial charge in [0.2, 0.25) is 16.9 Å². The van der Waals surface area contributed by atoms with E-state index in [-0.39, 0.29) is 22.7 Å². The van der Waals surface area contributed by atoms with E-state index in [0.717, 1.165) is 17.7 Å². The monoisotopic (exact) mass is 457 g/mol. The number of hydrogen-bond acceptors (Lipinski definition) is 5. The Morgan fingerprint density at radius 1 is 1.09 bits per heavy atom. The van der Waals surface area contributed by atoms with Crippen molar-refractivity contribution in [2.45, 2.75) is 19.5 Å². The molecule has 33 heavy (non-hydrogen) atoms. The molecule has 1 N–H and O–H groups in total. The average Bonchev–Trinajstić information content (AvgIpc) is 3.32. The van der Waals surface area contributed by atoms with Crippen LogP contribution in [-0.2, 0) is 17.4 Å². The van der Waals surface area contributed by atoms with Gasteiger partial charge in [-0.25, -0.2) is 0 Å². The van der Waals surface area contributed by atoms with Crippen molar-refractivity contribution in [1.29, 1.82) is 0 Å². The van der Waals surface area contributed by atoms with Crippen LogP contribution in [0.1, 0.15) is 18.1 Å². The van der Waals surface area contributed by atoms with E-state index in [1.54, 1.807) is 24.3 Å².